The Morgan fingerprint density at radius 3 is 2.25 bits per heavy atom. The zero-order valence-corrected chi connectivity index (χ0v) is 12.7. The number of hydrogen-bond donors (Lipinski definition) is 2. The van der Waals surface area contributed by atoms with Crippen LogP contribution in [0.15, 0.2) is 30.3 Å². The molecule has 0 atom stereocenters. The van der Waals surface area contributed by atoms with Gasteiger partial charge in [-0.1, -0.05) is 18.2 Å². The van der Waals surface area contributed by atoms with E-state index in [0.717, 1.165) is 18.5 Å². The monoisotopic (exact) mass is 276 g/mol. The second-order valence-corrected chi connectivity index (χ2v) is 6.82. The number of benzene rings is 1. The van der Waals surface area contributed by atoms with Crippen molar-refractivity contribution in [2.75, 3.05) is 5.32 Å². The maximum Gasteiger partial charge on any atom is 0.411 e. The summed E-state index contributed by atoms with van der Waals surface area (Å²) in [5.41, 5.74) is 0.698. The molecule has 1 fully saturated rings. The van der Waals surface area contributed by atoms with E-state index in [2.05, 4.69) is 38.3 Å². The van der Waals surface area contributed by atoms with Crippen molar-refractivity contribution in [1.29, 1.82) is 0 Å². The normalized spacial score (nSPS) is 21.2. The molecule has 0 aromatic heterocycles. The fourth-order valence-corrected chi connectivity index (χ4v) is 3.13. The SMILES string of the molecule is CC1(C)CC(OC(=O)Nc2ccccc2)CC(C)(C)N1. The Kier molecular flexibility index (Phi) is 4.04. The fourth-order valence-electron chi connectivity index (χ4n) is 3.13. The van der Waals surface area contributed by atoms with Crippen LogP contribution in [0.2, 0.25) is 0 Å². The number of para-hydroxylation sites is 1. The molecule has 4 heteroatoms. The van der Waals surface area contributed by atoms with Crippen molar-refractivity contribution in [3.05, 3.63) is 30.3 Å². The molecule has 110 valence electrons. The van der Waals surface area contributed by atoms with Gasteiger partial charge in [0.25, 0.3) is 0 Å². The molecule has 20 heavy (non-hydrogen) atoms. The molecule has 0 aliphatic carbocycles. The number of ether oxygens (including phenoxy) is 1. The topological polar surface area (TPSA) is 50.4 Å². The van der Waals surface area contributed by atoms with Crippen molar-refractivity contribution in [2.24, 2.45) is 0 Å². The maximum atomic E-state index is 11.9. The minimum Gasteiger partial charge on any atom is -0.446 e. The smallest absolute Gasteiger partial charge is 0.411 e. The Labute approximate surface area is 120 Å². The molecule has 1 aromatic carbocycles. The van der Waals surface area contributed by atoms with E-state index in [1.165, 1.54) is 0 Å². The highest BCUT2D eigenvalue weighted by Gasteiger charge is 2.39. The third-order valence-electron chi connectivity index (χ3n) is 3.45. The highest BCUT2D eigenvalue weighted by Crippen LogP contribution is 2.30. The van der Waals surface area contributed by atoms with Gasteiger partial charge in [-0.3, -0.25) is 5.32 Å². The van der Waals surface area contributed by atoms with E-state index in [1.807, 2.05) is 30.3 Å². The van der Waals surface area contributed by atoms with E-state index >= 15 is 0 Å². The van der Waals surface area contributed by atoms with Gasteiger partial charge in [-0.25, -0.2) is 4.79 Å². The molecule has 1 amide bonds. The maximum absolute atomic E-state index is 11.9. The molecular formula is C16H24N2O2. The Balaban J connectivity index is 1.94. The molecule has 1 heterocycles. The number of rotatable bonds is 2. The van der Waals surface area contributed by atoms with E-state index < -0.39 is 0 Å². The molecule has 1 saturated heterocycles. The largest absolute Gasteiger partial charge is 0.446 e. The first-order valence-electron chi connectivity index (χ1n) is 7.08. The van der Waals surface area contributed by atoms with Gasteiger partial charge < -0.3 is 10.1 Å². The van der Waals surface area contributed by atoms with Crippen LogP contribution in [0, 0.1) is 0 Å². The van der Waals surface area contributed by atoms with Gasteiger partial charge in [-0.05, 0) is 39.8 Å². The fraction of sp³-hybridized carbons (Fsp3) is 0.562. The molecule has 2 N–H and O–H groups in total. The van der Waals surface area contributed by atoms with Crippen LogP contribution in [-0.4, -0.2) is 23.3 Å². The first-order valence-corrected chi connectivity index (χ1v) is 7.08. The Morgan fingerprint density at radius 1 is 1.15 bits per heavy atom. The van der Waals surface area contributed by atoms with Crippen molar-refractivity contribution < 1.29 is 9.53 Å². The summed E-state index contributed by atoms with van der Waals surface area (Å²) in [4.78, 5) is 11.9. The van der Waals surface area contributed by atoms with Crippen molar-refractivity contribution in [3.8, 4) is 0 Å². The number of amides is 1. The molecule has 0 bridgehead atoms. The van der Waals surface area contributed by atoms with Crippen molar-refractivity contribution >= 4 is 11.8 Å². The minimum absolute atomic E-state index is 0.0283. The summed E-state index contributed by atoms with van der Waals surface area (Å²) in [5.74, 6) is 0. The Morgan fingerprint density at radius 2 is 1.70 bits per heavy atom. The number of carbonyl (C=O) groups is 1. The lowest BCUT2D eigenvalue weighted by molar-refractivity contribution is 0.0256. The molecule has 0 unspecified atom stereocenters. The van der Waals surface area contributed by atoms with Gasteiger partial charge in [0, 0.05) is 29.6 Å². The van der Waals surface area contributed by atoms with Crippen LogP contribution < -0.4 is 10.6 Å². The van der Waals surface area contributed by atoms with Gasteiger partial charge in [0.05, 0.1) is 0 Å². The number of piperidine rings is 1. The first-order chi connectivity index (χ1) is 9.26. The lowest BCUT2D eigenvalue weighted by atomic mass is 9.81. The van der Waals surface area contributed by atoms with E-state index in [9.17, 15) is 4.79 Å². The Bertz CT molecular complexity index is 453. The summed E-state index contributed by atoms with van der Waals surface area (Å²) in [6.45, 7) is 8.55. The summed E-state index contributed by atoms with van der Waals surface area (Å²) in [5, 5.41) is 6.34. The van der Waals surface area contributed by atoms with Gasteiger partial charge in [0.1, 0.15) is 6.10 Å². The number of hydrogen-bond acceptors (Lipinski definition) is 3. The Hall–Kier alpha value is -1.55. The zero-order valence-electron chi connectivity index (χ0n) is 12.7. The second-order valence-electron chi connectivity index (χ2n) is 6.82. The highest BCUT2D eigenvalue weighted by molar-refractivity contribution is 5.84. The predicted octanol–water partition coefficient (Wildman–Crippen LogP) is 3.54. The van der Waals surface area contributed by atoms with E-state index in [4.69, 9.17) is 4.74 Å². The van der Waals surface area contributed by atoms with Crippen LogP contribution >= 0.6 is 0 Å². The number of anilines is 1. The van der Waals surface area contributed by atoms with Gasteiger partial charge in [-0.15, -0.1) is 0 Å². The summed E-state index contributed by atoms with van der Waals surface area (Å²) >= 11 is 0. The third kappa shape index (κ3) is 4.23. The summed E-state index contributed by atoms with van der Waals surface area (Å²) in [7, 11) is 0. The van der Waals surface area contributed by atoms with Crippen molar-refractivity contribution in [1.82, 2.24) is 5.32 Å². The summed E-state index contributed by atoms with van der Waals surface area (Å²) in [6.07, 6.45) is 1.19. The molecule has 0 spiro atoms. The predicted molar refractivity (Wildman–Crippen MR) is 80.9 cm³/mol. The van der Waals surface area contributed by atoms with E-state index in [-0.39, 0.29) is 23.3 Å². The first kappa shape index (κ1) is 14.9. The van der Waals surface area contributed by atoms with E-state index in [1.54, 1.807) is 0 Å². The number of carbonyl (C=O) groups excluding carboxylic acids is 1. The average molecular weight is 276 g/mol. The second kappa shape index (κ2) is 5.44. The summed E-state index contributed by atoms with van der Waals surface area (Å²) in [6, 6.07) is 9.36. The van der Waals surface area contributed by atoms with Crippen molar-refractivity contribution in [2.45, 2.75) is 57.7 Å². The molecule has 1 aliphatic heterocycles. The molecule has 0 radical (unpaired) electrons. The van der Waals surface area contributed by atoms with Crippen LogP contribution in [0.3, 0.4) is 0 Å². The van der Waals surface area contributed by atoms with Crippen LogP contribution in [0.4, 0.5) is 10.5 Å². The highest BCUT2D eigenvalue weighted by atomic mass is 16.6. The van der Waals surface area contributed by atoms with Crippen LogP contribution in [0.1, 0.15) is 40.5 Å². The summed E-state index contributed by atoms with van der Waals surface area (Å²) < 4.78 is 5.58. The molecule has 1 aromatic rings. The van der Waals surface area contributed by atoms with E-state index in [0.29, 0.717) is 0 Å². The van der Waals surface area contributed by atoms with Gasteiger partial charge in [0.2, 0.25) is 0 Å². The molecule has 2 rings (SSSR count). The molecule has 4 nitrogen and oxygen atoms in total. The number of nitrogens with one attached hydrogen (secondary N) is 2. The quantitative estimate of drug-likeness (QED) is 0.868. The lowest BCUT2D eigenvalue weighted by Gasteiger charge is -2.45. The standard InChI is InChI=1S/C16H24N2O2/c1-15(2)10-13(11-16(3,4)18-15)20-14(19)17-12-8-6-5-7-9-12/h5-9,13,18H,10-11H2,1-4H3,(H,17,19). The molecule has 1 aliphatic rings. The van der Waals surface area contributed by atoms with Crippen molar-refractivity contribution in [3.63, 3.8) is 0 Å². The van der Waals surface area contributed by atoms with Gasteiger partial charge in [-0.2, -0.15) is 0 Å². The molecule has 0 saturated carbocycles. The lowest BCUT2D eigenvalue weighted by Crippen LogP contribution is -2.59. The van der Waals surface area contributed by atoms with Crippen LogP contribution in [0.25, 0.3) is 0 Å². The van der Waals surface area contributed by atoms with Crippen LogP contribution in [0.5, 0.6) is 0 Å². The van der Waals surface area contributed by atoms with Crippen LogP contribution in [-0.2, 0) is 4.74 Å². The minimum atomic E-state index is -0.380. The van der Waals surface area contributed by atoms with Gasteiger partial charge >= 0.3 is 6.09 Å². The molecular weight excluding hydrogens is 252 g/mol. The van der Waals surface area contributed by atoms with Gasteiger partial charge in [0.15, 0.2) is 0 Å². The zero-order chi connectivity index (χ0) is 14.8. The third-order valence-corrected chi connectivity index (χ3v) is 3.45. The average Bonchev–Trinajstić information content (AvgIpc) is 2.25.